The summed E-state index contributed by atoms with van der Waals surface area (Å²) in [6.07, 6.45) is -4.43. The molecule has 0 aliphatic carbocycles. The molecular formula is C16H19F3N4O. The zero-order valence-corrected chi connectivity index (χ0v) is 13.6. The predicted molar refractivity (Wildman–Crippen MR) is 84.6 cm³/mol. The van der Waals surface area contributed by atoms with Crippen LogP contribution in [0.1, 0.15) is 35.5 Å². The Labute approximate surface area is 137 Å². The van der Waals surface area contributed by atoms with E-state index in [2.05, 4.69) is 20.8 Å². The summed E-state index contributed by atoms with van der Waals surface area (Å²) in [5, 5.41) is 12.2. The number of aromatic nitrogens is 2. The second-order valence-corrected chi connectivity index (χ2v) is 5.54. The second-order valence-electron chi connectivity index (χ2n) is 5.54. The van der Waals surface area contributed by atoms with Gasteiger partial charge in [0.05, 0.1) is 29.2 Å². The first-order valence-electron chi connectivity index (χ1n) is 7.41. The number of H-pyrrole nitrogens is 1. The molecule has 3 N–H and O–H groups in total. The van der Waals surface area contributed by atoms with Gasteiger partial charge in [-0.1, -0.05) is 18.2 Å². The van der Waals surface area contributed by atoms with Crippen LogP contribution in [0.2, 0.25) is 0 Å². The first-order valence-corrected chi connectivity index (χ1v) is 7.41. The highest BCUT2D eigenvalue weighted by molar-refractivity contribution is 5.93. The average molecular weight is 340 g/mol. The number of amides is 1. The Morgan fingerprint density at radius 2 is 1.96 bits per heavy atom. The summed E-state index contributed by atoms with van der Waals surface area (Å²) in [4.78, 5) is 12.0. The molecule has 0 radical (unpaired) electrons. The molecule has 0 saturated heterocycles. The van der Waals surface area contributed by atoms with E-state index in [9.17, 15) is 18.0 Å². The molecule has 1 atom stereocenters. The van der Waals surface area contributed by atoms with Crippen molar-refractivity contribution in [1.82, 2.24) is 15.5 Å². The molecule has 0 aliphatic heterocycles. The minimum atomic E-state index is -4.43. The monoisotopic (exact) mass is 340 g/mol. The van der Waals surface area contributed by atoms with Crippen LogP contribution in [0.5, 0.6) is 0 Å². The van der Waals surface area contributed by atoms with E-state index < -0.39 is 17.8 Å². The number of benzene rings is 1. The van der Waals surface area contributed by atoms with Crippen LogP contribution in [-0.2, 0) is 11.0 Å². The third-order valence-corrected chi connectivity index (χ3v) is 3.69. The summed E-state index contributed by atoms with van der Waals surface area (Å²) >= 11 is 0. The Hall–Kier alpha value is -2.35. The van der Waals surface area contributed by atoms with Crippen LogP contribution in [0, 0.1) is 13.8 Å². The summed E-state index contributed by atoms with van der Waals surface area (Å²) in [7, 11) is 0. The van der Waals surface area contributed by atoms with Gasteiger partial charge in [-0.2, -0.15) is 18.3 Å². The number of anilines is 1. The van der Waals surface area contributed by atoms with Crippen LogP contribution in [0.15, 0.2) is 24.3 Å². The number of hydrogen-bond acceptors (Lipinski definition) is 3. The summed E-state index contributed by atoms with van der Waals surface area (Å²) in [6, 6.07) is 4.70. The number of aryl methyl sites for hydroxylation is 2. The first-order chi connectivity index (χ1) is 11.2. The molecule has 0 saturated carbocycles. The Morgan fingerprint density at radius 1 is 1.29 bits per heavy atom. The number of halogens is 3. The molecule has 130 valence electrons. The second kappa shape index (κ2) is 7.04. The third kappa shape index (κ3) is 4.14. The highest BCUT2D eigenvalue weighted by Gasteiger charge is 2.34. The van der Waals surface area contributed by atoms with Crippen LogP contribution in [0.4, 0.5) is 18.9 Å². The van der Waals surface area contributed by atoms with Crippen LogP contribution in [-0.4, -0.2) is 22.6 Å². The number of carbonyl (C=O) groups is 1. The summed E-state index contributed by atoms with van der Waals surface area (Å²) < 4.78 is 39.1. The Kier molecular flexibility index (Phi) is 5.28. The lowest BCUT2D eigenvalue weighted by atomic mass is 10.0. The van der Waals surface area contributed by atoms with Gasteiger partial charge in [-0.25, -0.2) is 0 Å². The summed E-state index contributed by atoms with van der Waals surface area (Å²) in [6.45, 7) is 4.99. The fraction of sp³-hybridized carbons (Fsp3) is 0.375. The van der Waals surface area contributed by atoms with Crippen molar-refractivity contribution in [2.75, 3.05) is 11.9 Å². The van der Waals surface area contributed by atoms with Crippen LogP contribution in [0.3, 0.4) is 0 Å². The van der Waals surface area contributed by atoms with Gasteiger partial charge in [0.2, 0.25) is 5.91 Å². The van der Waals surface area contributed by atoms with E-state index in [4.69, 9.17) is 0 Å². The van der Waals surface area contributed by atoms with Gasteiger partial charge in [-0.15, -0.1) is 0 Å². The van der Waals surface area contributed by atoms with E-state index in [0.29, 0.717) is 11.4 Å². The van der Waals surface area contributed by atoms with Crippen molar-refractivity contribution < 1.29 is 18.0 Å². The lowest BCUT2D eigenvalue weighted by Crippen LogP contribution is -2.31. The zero-order chi connectivity index (χ0) is 17.9. The molecule has 2 rings (SSSR count). The van der Waals surface area contributed by atoms with Crippen molar-refractivity contribution in [3.8, 4) is 0 Å². The van der Waals surface area contributed by atoms with Crippen LogP contribution < -0.4 is 10.6 Å². The number of nitrogens with one attached hydrogen (secondary N) is 3. The molecule has 0 fully saturated rings. The minimum Gasteiger partial charge on any atom is -0.322 e. The molecule has 0 unspecified atom stereocenters. The molecule has 1 heterocycles. The first kappa shape index (κ1) is 18.0. The van der Waals surface area contributed by atoms with Gasteiger partial charge in [0.25, 0.3) is 0 Å². The Bertz CT molecular complexity index is 705. The SMILES string of the molecule is Cc1n[nH]c(C)c1NC(=O)CN[C@@H](C)c1ccccc1C(F)(F)F. The molecule has 8 heteroatoms. The number of carbonyl (C=O) groups excluding carboxylic acids is 1. The number of aromatic amines is 1. The lowest BCUT2D eigenvalue weighted by molar-refractivity contribution is -0.138. The zero-order valence-electron chi connectivity index (χ0n) is 13.6. The average Bonchev–Trinajstić information content (AvgIpc) is 2.83. The van der Waals surface area contributed by atoms with Gasteiger partial charge < -0.3 is 10.6 Å². The Balaban J connectivity index is 2.01. The smallest absolute Gasteiger partial charge is 0.322 e. The third-order valence-electron chi connectivity index (χ3n) is 3.69. The predicted octanol–water partition coefficient (Wildman–Crippen LogP) is 3.33. The maximum absolute atomic E-state index is 13.0. The number of nitrogens with zero attached hydrogens (tertiary/aromatic N) is 1. The molecule has 1 aromatic carbocycles. The standard InChI is InChI=1S/C16H19F3N4O/c1-9(12-6-4-5-7-13(12)16(17,18)19)20-8-14(24)21-15-10(2)22-23-11(15)3/h4-7,9,20H,8H2,1-3H3,(H,21,24)(H,22,23)/t9-/m0/s1. The van der Waals surface area contributed by atoms with E-state index in [1.807, 2.05) is 0 Å². The van der Waals surface area contributed by atoms with Crippen molar-refractivity contribution >= 4 is 11.6 Å². The van der Waals surface area contributed by atoms with Gasteiger partial charge in [0.1, 0.15) is 0 Å². The van der Waals surface area contributed by atoms with Crippen LogP contribution >= 0.6 is 0 Å². The number of hydrogen-bond donors (Lipinski definition) is 3. The van der Waals surface area contributed by atoms with Gasteiger partial charge in [-0.05, 0) is 32.4 Å². The van der Waals surface area contributed by atoms with Crippen molar-refractivity contribution in [3.05, 3.63) is 46.8 Å². The van der Waals surface area contributed by atoms with Crippen molar-refractivity contribution in [2.45, 2.75) is 33.0 Å². The minimum absolute atomic E-state index is 0.105. The fourth-order valence-corrected chi connectivity index (χ4v) is 2.41. The highest BCUT2D eigenvalue weighted by Crippen LogP contribution is 2.34. The molecule has 2 aromatic rings. The fourth-order valence-electron chi connectivity index (χ4n) is 2.41. The molecule has 1 amide bonds. The van der Waals surface area contributed by atoms with Gasteiger partial charge in [-0.3, -0.25) is 9.89 Å². The normalized spacial score (nSPS) is 12.9. The molecule has 0 bridgehead atoms. The number of alkyl halides is 3. The topological polar surface area (TPSA) is 69.8 Å². The van der Waals surface area contributed by atoms with Crippen molar-refractivity contribution in [1.29, 1.82) is 0 Å². The van der Waals surface area contributed by atoms with Gasteiger partial charge >= 0.3 is 6.18 Å². The van der Waals surface area contributed by atoms with Gasteiger partial charge in [0.15, 0.2) is 0 Å². The molecule has 1 aromatic heterocycles. The van der Waals surface area contributed by atoms with E-state index in [-0.39, 0.29) is 18.0 Å². The quantitative estimate of drug-likeness (QED) is 0.782. The maximum Gasteiger partial charge on any atom is 0.416 e. The molecule has 24 heavy (non-hydrogen) atoms. The van der Waals surface area contributed by atoms with Crippen molar-refractivity contribution in [2.24, 2.45) is 0 Å². The van der Waals surface area contributed by atoms with E-state index in [1.54, 1.807) is 26.8 Å². The highest BCUT2D eigenvalue weighted by atomic mass is 19.4. The Morgan fingerprint density at radius 3 is 2.54 bits per heavy atom. The maximum atomic E-state index is 13.0. The molecular weight excluding hydrogens is 321 g/mol. The summed E-state index contributed by atoms with van der Waals surface area (Å²) in [5.41, 5.74) is 1.36. The van der Waals surface area contributed by atoms with Gasteiger partial charge in [0, 0.05) is 6.04 Å². The molecule has 0 spiro atoms. The summed E-state index contributed by atoms with van der Waals surface area (Å²) in [5.74, 6) is -0.348. The van der Waals surface area contributed by atoms with E-state index in [0.717, 1.165) is 11.8 Å². The van der Waals surface area contributed by atoms with Crippen molar-refractivity contribution in [3.63, 3.8) is 0 Å². The largest absolute Gasteiger partial charge is 0.416 e. The number of rotatable bonds is 5. The lowest BCUT2D eigenvalue weighted by Gasteiger charge is -2.19. The van der Waals surface area contributed by atoms with E-state index in [1.165, 1.54) is 12.1 Å². The van der Waals surface area contributed by atoms with Crippen LogP contribution in [0.25, 0.3) is 0 Å². The van der Waals surface area contributed by atoms with E-state index >= 15 is 0 Å². The molecule has 5 nitrogen and oxygen atoms in total. The molecule has 0 aliphatic rings.